The number of methoxy groups -OCH3 is 1. The van der Waals surface area contributed by atoms with Gasteiger partial charge in [0.2, 0.25) is 5.91 Å². The summed E-state index contributed by atoms with van der Waals surface area (Å²) >= 11 is 6.64. The van der Waals surface area contributed by atoms with E-state index in [1.807, 2.05) is 29.2 Å². The maximum Gasteiger partial charge on any atom is 0.266 e. The Balaban J connectivity index is 1.80. The molecule has 2 aliphatic heterocycles. The highest BCUT2D eigenvalue weighted by molar-refractivity contribution is 8.26. The Morgan fingerprint density at radius 2 is 2.17 bits per heavy atom. The first-order valence-electron chi connectivity index (χ1n) is 9.79. The first kappa shape index (κ1) is 21.8. The summed E-state index contributed by atoms with van der Waals surface area (Å²) in [7, 11) is 1.58. The third-order valence-corrected chi connectivity index (χ3v) is 6.70. The molecule has 6 nitrogen and oxygen atoms in total. The number of para-hydroxylation sites is 1. The number of amides is 2. The number of aliphatic hydroxyl groups is 1. The molecule has 0 bridgehead atoms. The highest BCUT2D eigenvalue weighted by Gasteiger charge is 2.41. The number of carbonyl (C=O) groups excluding carboxylic acids is 2. The molecule has 0 saturated carbocycles. The van der Waals surface area contributed by atoms with Gasteiger partial charge in [0.1, 0.15) is 16.1 Å². The van der Waals surface area contributed by atoms with Gasteiger partial charge >= 0.3 is 0 Å². The van der Waals surface area contributed by atoms with Gasteiger partial charge in [0.05, 0.1) is 12.0 Å². The summed E-state index contributed by atoms with van der Waals surface area (Å²) in [5.74, 6) is 0.294. The van der Waals surface area contributed by atoms with Crippen molar-refractivity contribution in [3.63, 3.8) is 0 Å². The van der Waals surface area contributed by atoms with Gasteiger partial charge in [-0.25, -0.2) is 0 Å². The molecule has 8 heteroatoms. The SMILES string of the molecule is COc1ccccc1C=C1SC(=S)N(C(C)C(=O)N2CCCCC2CCO)C1=O. The number of ether oxygens (including phenoxy) is 1. The topological polar surface area (TPSA) is 70.1 Å². The van der Waals surface area contributed by atoms with Gasteiger partial charge in [-0.15, -0.1) is 0 Å². The standard InChI is InChI=1S/C21H26N2O4S2/c1-14(19(25)22-11-6-5-8-16(22)10-12-24)23-20(26)18(29-21(23)28)13-15-7-3-4-9-17(15)27-2/h3-4,7,9,13-14,16,24H,5-6,8,10-12H2,1-2H3. The molecular weight excluding hydrogens is 408 g/mol. The van der Waals surface area contributed by atoms with E-state index in [1.54, 1.807) is 20.1 Å². The number of hydrogen-bond acceptors (Lipinski definition) is 6. The van der Waals surface area contributed by atoms with Crippen molar-refractivity contribution in [2.24, 2.45) is 0 Å². The molecule has 2 aliphatic rings. The zero-order chi connectivity index (χ0) is 21.0. The zero-order valence-electron chi connectivity index (χ0n) is 16.7. The summed E-state index contributed by atoms with van der Waals surface area (Å²) in [5, 5.41) is 9.33. The summed E-state index contributed by atoms with van der Waals surface area (Å²) in [6, 6.07) is 6.78. The van der Waals surface area contributed by atoms with Crippen LogP contribution in [0.15, 0.2) is 29.2 Å². The Morgan fingerprint density at radius 3 is 2.90 bits per heavy atom. The number of thioether (sulfide) groups is 1. The van der Waals surface area contributed by atoms with Crippen LogP contribution in [0.1, 0.15) is 38.2 Å². The largest absolute Gasteiger partial charge is 0.496 e. The molecule has 1 N–H and O–H groups in total. The lowest BCUT2D eigenvalue weighted by Gasteiger charge is -2.38. The Bertz CT molecular complexity index is 825. The third-order valence-electron chi connectivity index (χ3n) is 5.37. The lowest BCUT2D eigenvalue weighted by atomic mass is 9.98. The van der Waals surface area contributed by atoms with Crippen LogP contribution in [-0.4, -0.2) is 63.4 Å². The Hall–Kier alpha value is -1.90. The van der Waals surface area contributed by atoms with Gasteiger partial charge in [0.15, 0.2) is 0 Å². The fourth-order valence-electron chi connectivity index (χ4n) is 3.83. The van der Waals surface area contributed by atoms with Crippen LogP contribution < -0.4 is 4.74 Å². The van der Waals surface area contributed by atoms with E-state index in [1.165, 1.54) is 16.7 Å². The van der Waals surface area contributed by atoms with Gasteiger partial charge in [-0.1, -0.05) is 42.2 Å². The molecule has 0 spiro atoms. The van der Waals surface area contributed by atoms with Gasteiger partial charge < -0.3 is 14.7 Å². The van der Waals surface area contributed by atoms with Crippen molar-refractivity contribution in [1.29, 1.82) is 0 Å². The number of nitrogens with zero attached hydrogens (tertiary/aromatic N) is 2. The zero-order valence-corrected chi connectivity index (χ0v) is 18.3. The number of aliphatic hydroxyl groups excluding tert-OH is 1. The van der Waals surface area contributed by atoms with E-state index in [9.17, 15) is 14.7 Å². The monoisotopic (exact) mass is 434 g/mol. The van der Waals surface area contributed by atoms with Gasteiger partial charge in [-0.3, -0.25) is 14.5 Å². The van der Waals surface area contributed by atoms with E-state index < -0.39 is 6.04 Å². The molecule has 2 unspecified atom stereocenters. The molecule has 156 valence electrons. The minimum absolute atomic E-state index is 0.0197. The molecule has 3 rings (SSSR count). The Kier molecular flexibility index (Phi) is 7.32. The van der Waals surface area contributed by atoms with Crippen LogP contribution in [0.25, 0.3) is 6.08 Å². The Labute approximate surface area is 180 Å². The van der Waals surface area contributed by atoms with Crippen LogP contribution in [-0.2, 0) is 9.59 Å². The molecule has 2 fully saturated rings. The first-order valence-corrected chi connectivity index (χ1v) is 11.0. The molecule has 0 aromatic heterocycles. The second-order valence-electron chi connectivity index (χ2n) is 7.16. The number of benzene rings is 1. The highest BCUT2D eigenvalue weighted by Crippen LogP contribution is 2.36. The molecule has 1 aromatic rings. The van der Waals surface area contributed by atoms with E-state index in [0.717, 1.165) is 24.8 Å². The fourth-order valence-corrected chi connectivity index (χ4v) is 5.24. The fraction of sp³-hybridized carbons (Fsp3) is 0.476. The first-order chi connectivity index (χ1) is 14.0. The molecule has 2 heterocycles. The van der Waals surface area contributed by atoms with Crippen molar-refractivity contribution in [2.75, 3.05) is 20.3 Å². The van der Waals surface area contributed by atoms with Crippen LogP contribution in [0.5, 0.6) is 5.75 Å². The molecule has 2 saturated heterocycles. The summed E-state index contributed by atoms with van der Waals surface area (Å²) in [6.07, 6.45) is 5.18. The van der Waals surface area contributed by atoms with Gasteiger partial charge in [-0.2, -0.15) is 0 Å². The molecule has 2 atom stereocenters. The lowest BCUT2D eigenvalue weighted by Crippen LogP contribution is -2.53. The van der Waals surface area contributed by atoms with Crippen molar-refractivity contribution in [2.45, 2.75) is 44.7 Å². The second kappa shape index (κ2) is 9.73. The summed E-state index contributed by atoms with van der Waals surface area (Å²) in [5.41, 5.74) is 0.786. The van der Waals surface area contributed by atoms with Crippen molar-refractivity contribution in [1.82, 2.24) is 9.80 Å². The maximum absolute atomic E-state index is 13.2. The van der Waals surface area contributed by atoms with E-state index in [2.05, 4.69) is 0 Å². The smallest absolute Gasteiger partial charge is 0.266 e. The molecule has 0 aliphatic carbocycles. The molecule has 2 amide bonds. The summed E-state index contributed by atoms with van der Waals surface area (Å²) in [6.45, 7) is 2.43. The van der Waals surface area contributed by atoms with Crippen molar-refractivity contribution in [3.05, 3.63) is 34.7 Å². The molecular formula is C21H26N2O4S2. The highest BCUT2D eigenvalue weighted by atomic mass is 32.2. The molecule has 1 aromatic carbocycles. The lowest BCUT2D eigenvalue weighted by molar-refractivity contribution is -0.142. The van der Waals surface area contributed by atoms with E-state index in [4.69, 9.17) is 17.0 Å². The predicted molar refractivity (Wildman–Crippen MR) is 119 cm³/mol. The summed E-state index contributed by atoms with van der Waals surface area (Å²) in [4.78, 5) is 29.9. The van der Waals surface area contributed by atoms with Crippen LogP contribution in [0.2, 0.25) is 0 Å². The maximum atomic E-state index is 13.2. The minimum Gasteiger partial charge on any atom is -0.496 e. The van der Waals surface area contributed by atoms with Gasteiger partial charge in [0.25, 0.3) is 5.91 Å². The summed E-state index contributed by atoms with van der Waals surface area (Å²) < 4.78 is 5.73. The van der Waals surface area contributed by atoms with Crippen LogP contribution >= 0.6 is 24.0 Å². The Morgan fingerprint density at radius 1 is 1.41 bits per heavy atom. The van der Waals surface area contributed by atoms with Crippen LogP contribution in [0, 0.1) is 0 Å². The van der Waals surface area contributed by atoms with Gasteiger partial charge in [0, 0.05) is 24.8 Å². The average Bonchev–Trinajstić information content (AvgIpc) is 3.01. The van der Waals surface area contributed by atoms with E-state index >= 15 is 0 Å². The second-order valence-corrected chi connectivity index (χ2v) is 8.84. The number of piperidine rings is 1. The third kappa shape index (κ3) is 4.65. The normalized spacial score (nSPS) is 22.3. The van der Waals surface area contributed by atoms with E-state index in [-0.39, 0.29) is 24.5 Å². The number of thiocarbonyl (C=S) groups is 1. The van der Waals surface area contributed by atoms with Crippen molar-refractivity contribution in [3.8, 4) is 5.75 Å². The van der Waals surface area contributed by atoms with Crippen molar-refractivity contribution >= 4 is 46.2 Å². The van der Waals surface area contributed by atoms with Gasteiger partial charge in [-0.05, 0) is 44.7 Å². The molecule has 0 radical (unpaired) electrons. The number of likely N-dealkylation sites (tertiary alicyclic amines) is 1. The van der Waals surface area contributed by atoms with Crippen LogP contribution in [0.4, 0.5) is 0 Å². The quantitative estimate of drug-likeness (QED) is 0.548. The van der Waals surface area contributed by atoms with Crippen molar-refractivity contribution < 1.29 is 19.4 Å². The van der Waals surface area contributed by atoms with E-state index in [0.29, 0.717) is 27.9 Å². The average molecular weight is 435 g/mol. The number of hydrogen-bond donors (Lipinski definition) is 1. The number of carbonyl (C=O) groups is 2. The minimum atomic E-state index is -0.676. The molecule has 29 heavy (non-hydrogen) atoms. The number of rotatable bonds is 6. The predicted octanol–water partition coefficient (Wildman–Crippen LogP) is 3.05. The van der Waals surface area contributed by atoms with Crippen LogP contribution in [0.3, 0.4) is 0 Å².